The van der Waals surface area contributed by atoms with Gasteiger partial charge in [-0.2, -0.15) is 0 Å². The smallest absolute Gasteiger partial charge is 0.319 e. The van der Waals surface area contributed by atoms with Crippen molar-refractivity contribution in [1.82, 2.24) is 5.32 Å². The summed E-state index contributed by atoms with van der Waals surface area (Å²) in [6.45, 7) is 6.40. The van der Waals surface area contributed by atoms with Crippen molar-refractivity contribution in [3.8, 4) is 0 Å². The van der Waals surface area contributed by atoms with Crippen LogP contribution in [0.3, 0.4) is 0 Å². The summed E-state index contributed by atoms with van der Waals surface area (Å²) in [6.07, 6.45) is -0.0878. The van der Waals surface area contributed by atoms with Gasteiger partial charge in [-0.25, -0.2) is 4.79 Å². The zero-order valence-electron chi connectivity index (χ0n) is 11.5. The Morgan fingerprint density at radius 2 is 1.95 bits per heavy atom. The number of benzene rings is 1. The van der Waals surface area contributed by atoms with E-state index in [1.807, 2.05) is 18.2 Å². The molecule has 0 saturated heterocycles. The lowest BCUT2D eigenvalue weighted by atomic mass is 9.87. The number of carbonyl (C=O) groups is 2. The summed E-state index contributed by atoms with van der Waals surface area (Å²) in [7, 11) is 0. The van der Waals surface area contributed by atoms with Gasteiger partial charge in [0.2, 0.25) is 0 Å². The van der Waals surface area contributed by atoms with Crippen molar-refractivity contribution in [2.45, 2.75) is 32.6 Å². The maximum absolute atomic E-state index is 11.5. The van der Waals surface area contributed by atoms with Crippen molar-refractivity contribution >= 4 is 17.7 Å². The Hall–Kier alpha value is -2.04. The number of amides is 2. The molecular weight excluding hydrogens is 244 g/mol. The van der Waals surface area contributed by atoms with Gasteiger partial charge in [-0.05, 0) is 23.1 Å². The van der Waals surface area contributed by atoms with Crippen molar-refractivity contribution in [3.05, 3.63) is 29.8 Å². The normalized spacial score (nSPS) is 10.9. The van der Waals surface area contributed by atoms with Crippen LogP contribution in [0.15, 0.2) is 24.3 Å². The van der Waals surface area contributed by atoms with E-state index < -0.39 is 12.0 Å². The molecule has 0 spiro atoms. The fourth-order valence-electron chi connectivity index (χ4n) is 1.52. The number of carboxylic acid groups (broad SMARTS) is 1. The number of hydrogen-bond donors (Lipinski definition) is 3. The number of carbonyl (C=O) groups excluding carboxylic acids is 1. The minimum Gasteiger partial charge on any atom is -0.481 e. The first-order valence-electron chi connectivity index (χ1n) is 6.16. The highest BCUT2D eigenvalue weighted by molar-refractivity contribution is 5.89. The highest BCUT2D eigenvalue weighted by atomic mass is 16.4. The van der Waals surface area contributed by atoms with E-state index in [4.69, 9.17) is 5.11 Å². The Morgan fingerprint density at radius 1 is 1.26 bits per heavy atom. The number of carboxylic acids is 1. The van der Waals surface area contributed by atoms with Crippen molar-refractivity contribution in [1.29, 1.82) is 0 Å². The number of aliphatic carboxylic acids is 1. The fourth-order valence-corrected chi connectivity index (χ4v) is 1.52. The summed E-state index contributed by atoms with van der Waals surface area (Å²) < 4.78 is 0. The summed E-state index contributed by atoms with van der Waals surface area (Å²) in [5.41, 5.74) is 1.83. The van der Waals surface area contributed by atoms with Crippen LogP contribution in [0.5, 0.6) is 0 Å². The van der Waals surface area contributed by atoms with Gasteiger partial charge in [-0.15, -0.1) is 0 Å². The van der Waals surface area contributed by atoms with Crippen molar-refractivity contribution in [3.63, 3.8) is 0 Å². The van der Waals surface area contributed by atoms with E-state index in [2.05, 4.69) is 31.4 Å². The van der Waals surface area contributed by atoms with E-state index in [1.54, 1.807) is 6.07 Å². The molecule has 0 aliphatic carbocycles. The van der Waals surface area contributed by atoms with Crippen LogP contribution in [-0.4, -0.2) is 23.7 Å². The average Bonchev–Trinajstić information content (AvgIpc) is 2.27. The molecule has 0 saturated carbocycles. The maximum Gasteiger partial charge on any atom is 0.319 e. The van der Waals surface area contributed by atoms with E-state index in [1.165, 1.54) is 0 Å². The number of anilines is 1. The molecule has 19 heavy (non-hydrogen) atoms. The molecule has 1 aromatic rings. The Morgan fingerprint density at radius 3 is 2.53 bits per heavy atom. The molecule has 1 rings (SSSR count). The molecule has 0 fully saturated rings. The molecule has 5 nitrogen and oxygen atoms in total. The number of nitrogens with one attached hydrogen (secondary N) is 2. The third-order valence-electron chi connectivity index (χ3n) is 2.61. The quantitative estimate of drug-likeness (QED) is 0.782. The van der Waals surface area contributed by atoms with Crippen LogP contribution in [0.1, 0.15) is 32.8 Å². The largest absolute Gasteiger partial charge is 0.481 e. The van der Waals surface area contributed by atoms with Crippen molar-refractivity contribution in [2.75, 3.05) is 11.9 Å². The average molecular weight is 264 g/mol. The van der Waals surface area contributed by atoms with Gasteiger partial charge in [-0.3, -0.25) is 4.79 Å². The SMILES string of the molecule is CC(C)(C)c1cccc(NC(=O)NCCC(=O)O)c1. The van der Waals surface area contributed by atoms with Crippen molar-refractivity contribution in [2.24, 2.45) is 0 Å². The molecule has 0 aliphatic heterocycles. The van der Waals surface area contributed by atoms with Crippen molar-refractivity contribution < 1.29 is 14.7 Å². The Balaban J connectivity index is 2.57. The molecule has 0 atom stereocenters. The van der Waals surface area contributed by atoms with Gasteiger partial charge in [-0.1, -0.05) is 32.9 Å². The van der Waals surface area contributed by atoms with Gasteiger partial charge in [0.05, 0.1) is 6.42 Å². The van der Waals surface area contributed by atoms with Gasteiger partial charge in [0, 0.05) is 12.2 Å². The van der Waals surface area contributed by atoms with Crippen LogP contribution >= 0.6 is 0 Å². The third kappa shape index (κ3) is 5.42. The highest BCUT2D eigenvalue weighted by Crippen LogP contribution is 2.24. The van der Waals surface area contributed by atoms with Crippen LogP contribution in [-0.2, 0) is 10.2 Å². The van der Waals surface area contributed by atoms with E-state index in [9.17, 15) is 9.59 Å². The summed E-state index contributed by atoms with van der Waals surface area (Å²) >= 11 is 0. The molecule has 2 amide bonds. The second-order valence-electron chi connectivity index (χ2n) is 5.36. The minimum absolute atomic E-state index is 0.0114. The molecule has 0 unspecified atom stereocenters. The minimum atomic E-state index is -0.935. The van der Waals surface area contributed by atoms with Gasteiger partial charge in [0.1, 0.15) is 0 Å². The van der Waals surface area contributed by atoms with Crippen LogP contribution < -0.4 is 10.6 Å². The predicted molar refractivity (Wildman–Crippen MR) is 74.4 cm³/mol. The van der Waals surface area contributed by atoms with Crippen LogP contribution in [0, 0.1) is 0 Å². The number of hydrogen-bond acceptors (Lipinski definition) is 2. The first-order valence-corrected chi connectivity index (χ1v) is 6.16. The summed E-state index contributed by atoms with van der Waals surface area (Å²) in [5, 5.41) is 13.6. The summed E-state index contributed by atoms with van der Waals surface area (Å²) in [6, 6.07) is 7.20. The highest BCUT2D eigenvalue weighted by Gasteiger charge is 2.14. The molecular formula is C14H20N2O3. The van der Waals surface area contributed by atoms with E-state index in [0.29, 0.717) is 5.69 Å². The second-order valence-corrected chi connectivity index (χ2v) is 5.36. The first kappa shape index (κ1) is 15.0. The third-order valence-corrected chi connectivity index (χ3v) is 2.61. The van der Waals surface area contributed by atoms with E-state index in [0.717, 1.165) is 5.56 Å². The standard InChI is InChI=1S/C14H20N2O3/c1-14(2,3)10-5-4-6-11(9-10)16-13(19)15-8-7-12(17)18/h4-6,9H,7-8H2,1-3H3,(H,17,18)(H2,15,16,19). The van der Waals surface area contributed by atoms with Gasteiger partial charge < -0.3 is 15.7 Å². The van der Waals surface area contributed by atoms with Gasteiger partial charge >= 0.3 is 12.0 Å². The molecule has 5 heteroatoms. The van der Waals surface area contributed by atoms with Crippen LogP contribution in [0.4, 0.5) is 10.5 Å². The van der Waals surface area contributed by atoms with Crippen LogP contribution in [0.25, 0.3) is 0 Å². The predicted octanol–water partition coefficient (Wildman–Crippen LogP) is 2.58. The number of urea groups is 1. The molecule has 0 radical (unpaired) electrons. The zero-order chi connectivity index (χ0) is 14.5. The topological polar surface area (TPSA) is 78.4 Å². The lowest BCUT2D eigenvalue weighted by Gasteiger charge is -2.19. The Bertz CT molecular complexity index is 464. The number of rotatable bonds is 4. The van der Waals surface area contributed by atoms with E-state index >= 15 is 0 Å². The van der Waals surface area contributed by atoms with E-state index in [-0.39, 0.29) is 18.4 Å². The summed E-state index contributed by atoms with van der Waals surface area (Å²) in [5.74, 6) is -0.935. The molecule has 0 aromatic heterocycles. The molecule has 1 aromatic carbocycles. The van der Waals surface area contributed by atoms with Gasteiger partial charge in [0.25, 0.3) is 0 Å². The van der Waals surface area contributed by atoms with Crippen LogP contribution in [0.2, 0.25) is 0 Å². The molecule has 0 heterocycles. The molecule has 0 aliphatic rings. The fraction of sp³-hybridized carbons (Fsp3) is 0.429. The summed E-state index contributed by atoms with van der Waals surface area (Å²) in [4.78, 5) is 21.9. The molecule has 104 valence electrons. The molecule has 0 bridgehead atoms. The lowest BCUT2D eigenvalue weighted by Crippen LogP contribution is -2.30. The Labute approximate surface area is 113 Å². The zero-order valence-corrected chi connectivity index (χ0v) is 11.5. The van der Waals surface area contributed by atoms with Gasteiger partial charge in [0.15, 0.2) is 0 Å². The first-order chi connectivity index (χ1) is 8.79. The Kier molecular flexibility index (Phi) is 4.92. The second kappa shape index (κ2) is 6.22. The lowest BCUT2D eigenvalue weighted by molar-refractivity contribution is -0.136. The monoisotopic (exact) mass is 264 g/mol. The molecule has 3 N–H and O–H groups in total. The maximum atomic E-state index is 11.5.